The summed E-state index contributed by atoms with van der Waals surface area (Å²) >= 11 is 1.54. The Bertz CT molecular complexity index is 860. The minimum absolute atomic E-state index is 0.208. The third kappa shape index (κ3) is 5.48. The predicted molar refractivity (Wildman–Crippen MR) is 109 cm³/mol. The number of piperidine rings is 1. The number of rotatable bonds is 4. The lowest BCUT2D eigenvalue weighted by molar-refractivity contribution is -0.192. The Balaban J connectivity index is 0.000000339. The number of aliphatic carboxylic acids is 1. The molecule has 0 aromatic carbocycles. The van der Waals surface area contributed by atoms with Crippen LogP contribution in [-0.2, 0) is 11.3 Å². The minimum atomic E-state index is -5.08. The molecule has 2 aliphatic rings. The molecule has 1 aliphatic heterocycles. The van der Waals surface area contributed by atoms with E-state index in [4.69, 9.17) is 14.3 Å². The first-order valence-electron chi connectivity index (χ1n) is 9.98. The van der Waals surface area contributed by atoms with Crippen molar-refractivity contribution in [2.45, 2.75) is 44.4 Å². The third-order valence-electron chi connectivity index (χ3n) is 6.16. The number of amides is 1. The maximum atomic E-state index is 12.5. The molecular weight excluding hydrogens is 433 g/mol. The number of carboxylic acids is 1. The molecule has 1 saturated carbocycles. The van der Waals surface area contributed by atoms with Gasteiger partial charge in [0.05, 0.1) is 17.7 Å². The first-order valence-corrected chi connectivity index (χ1v) is 10.9. The van der Waals surface area contributed by atoms with Gasteiger partial charge in [-0.1, -0.05) is 6.07 Å². The molecule has 2 aromatic heterocycles. The zero-order valence-electron chi connectivity index (χ0n) is 17.1. The molecule has 0 radical (unpaired) electrons. The number of carboxylic acid groups (broad SMARTS) is 1. The van der Waals surface area contributed by atoms with Gasteiger partial charge in [0.2, 0.25) is 0 Å². The molecule has 3 heterocycles. The van der Waals surface area contributed by atoms with Crippen LogP contribution in [0.15, 0.2) is 40.3 Å². The lowest BCUT2D eigenvalue weighted by Crippen LogP contribution is -2.58. The average Bonchev–Trinajstić information content (AvgIpc) is 3.40. The van der Waals surface area contributed by atoms with E-state index in [1.807, 2.05) is 34.5 Å². The standard InChI is InChI=1S/C19H24N2O2S.C2HF3O2/c1-20(14-15-4-2-12-23-15)17-6-7-19(17)8-10-21(11-9-19)18(22)16-5-3-13-24-16;3-2(4,5)1(6)7/h2-5,12-13,17H,6-11,14H2,1H3;(H,6,7). The first kappa shape index (κ1) is 23.3. The van der Waals surface area contributed by atoms with E-state index >= 15 is 0 Å². The molecule has 2 aromatic rings. The Hall–Kier alpha value is -2.33. The van der Waals surface area contributed by atoms with Crippen LogP contribution in [-0.4, -0.2) is 59.1 Å². The Labute approximate surface area is 182 Å². The molecule has 31 heavy (non-hydrogen) atoms. The van der Waals surface area contributed by atoms with Crippen LogP contribution in [0.4, 0.5) is 13.2 Å². The summed E-state index contributed by atoms with van der Waals surface area (Å²) < 4.78 is 37.2. The molecule has 1 spiro atoms. The van der Waals surface area contributed by atoms with E-state index in [0.717, 1.165) is 43.1 Å². The number of alkyl halides is 3. The van der Waals surface area contributed by atoms with Gasteiger partial charge in [-0.2, -0.15) is 13.2 Å². The zero-order chi connectivity index (χ0) is 22.6. The summed E-state index contributed by atoms with van der Waals surface area (Å²) in [6, 6.07) is 8.50. The highest BCUT2D eigenvalue weighted by molar-refractivity contribution is 7.12. The van der Waals surface area contributed by atoms with Crippen molar-refractivity contribution in [2.24, 2.45) is 5.41 Å². The molecule has 10 heteroatoms. The maximum absolute atomic E-state index is 12.5. The van der Waals surface area contributed by atoms with Crippen LogP contribution >= 0.6 is 11.3 Å². The lowest BCUT2D eigenvalue weighted by atomic mass is 9.58. The summed E-state index contributed by atoms with van der Waals surface area (Å²) in [4.78, 5) is 26.8. The van der Waals surface area contributed by atoms with Gasteiger partial charge in [-0.25, -0.2) is 4.79 Å². The zero-order valence-corrected chi connectivity index (χ0v) is 17.9. The van der Waals surface area contributed by atoms with E-state index in [9.17, 15) is 18.0 Å². The van der Waals surface area contributed by atoms with E-state index < -0.39 is 12.1 Å². The van der Waals surface area contributed by atoms with Crippen molar-refractivity contribution in [3.8, 4) is 0 Å². The molecule has 1 aliphatic carbocycles. The summed E-state index contributed by atoms with van der Waals surface area (Å²) in [6.45, 7) is 2.65. The number of furan rings is 1. The van der Waals surface area contributed by atoms with Crippen LogP contribution in [0.25, 0.3) is 0 Å². The van der Waals surface area contributed by atoms with Gasteiger partial charge in [-0.05, 0) is 61.7 Å². The van der Waals surface area contributed by atoms with E-state index in [2.05, 4.69) is 11.9 Å². The fourth-order valence-corrected chi connectivity index (χ4v) is 5.11. The van der Waals surface area contributed by atoms with Crippen molar-refractivity contribution in [3.63, 3.8) is 0 Å². The van der Waals surface area contributed by atoms with Gasteiger partial charge in [0, 0.05) is 19.1 Å². The van der Waals surface area contributed by atoms with E-state index in [1.54, 1.807) is 17.6 Å². The van der Waals surface area contributed by atoms with Gasteiger partial charge in [0.25, 0.3) is 5.91 Å². The Kier molecular flexibility index (Phi) is 7.10. The quantitative estimate of drug-likeness (QED) is 0.731. The van der Waals surface area contributed by atoms with Crippen LogP contribution in [0.5, 0.6) is 0 Å². The molecular formula is C21H25F3N2O4S. The molecule has 6 nitrogen and oxygen atoms in total. The van der Waals surface area contributed by atoms with Crippen molar-refractivity contribution in [1.29, 1.82) is 0 Å². The molecule has 4 rings (SSSR count). The van der Waals surface area contributed by atoms with Gasteiger partial charge in [0.1, 0.15) is 5.76 Å². The lowest BCUT2D eigenvalue weighted by Gasteiger charge is -2.56. The van der Waals surface area contributed by atoms with Gasteiger partial charge < -0.3 is 14.4 Å². The number of carbonyl (C=O) groups excluding carboxylic acids is 1. The predicted octanol–water partition coefficient (Wildman–Crippen LogP) is 4.49. The van der Waals surface area contributed by atoms with Crippen LogP contribution < -0.4 is 0 Å². The maximum Gasteiger partial charge on any atom is 0.490 e. The summed E-state index contributed by atoms with van der Waals surface area (Å²) in [7, 11) is 2.21. The number of halogens is 3. The Morgan fingerprint density at radius 1 is 1.26 bits per heavy atom. The second-order valence-corrected chi connectivity index (χ2v) is 8.93. The smallest absolute Gasteiger partial charge is 0.475 e. The monoisotopic (exact) mass is 458 g/mol. The fraction of sp³-hybridized carbons (Fsp3) is 0.524. The number of hydrogen-bond acceptors (Lipinski definition) is 5. The van der Waals surface area contributed by atoms with E-state index in [-0.39, 0.29) is 5.91 Å². The molecule has 1 saturated heterocycles. The van der Waals surface area contributed by atoms with Gasteiger partial charge >= 0.3 is 12.1 Å². The molecule has 2 fully saturated rings. The first-order chi connectivity index (χ1) is 14.6. The fourth-order valence-electron chi connectivity index (χ4n) is 4.42. The van der Waals surface area contributed by atoms with Gasteiger partial charge in [-0.15, -0.1) is 11.3 Å². The molecule has 1 atom stereocenters. The number of carbonyl (C=O) groups is 2. The number of nitrogens with zero attached hydrogens (tertiary/aromatic N) is 2. The van der Waals surface area contributed by atoms with Crippen molar-refractivity contribution < 1.29 is 32.3 Å². The van der Waals surface area contributed by atoms with Crippen molar-refractivity contribution in [1.82, 2.24) is 9.80 Å². The Morgan fingerprint density at radius 3 is 2.39 bits per heavy atom. The Morgan fingerprint density at radius 2 is 1.94 bits per heavy atom. The number of hydrogen-bond donors (Lipinski definition) is 1. The summed E-state index contributed by atoms with van der Waals surface area (Å²) in [5, 5.41) is 9.10. The molecule has 1 unspecified atom stereocenters. The van der Waals surface area contributed by atoms with Gasteiger partial charge in [-0.3, -0.25) is 9.69 Å². The molecule has 1 N–H and O–H groups in total. The largest absolute Gasteiger partial charge is 0.490 e. The molecule has 170 valence electrons. The number of likely N-dealkylation sites (tertiary alicyclic amines) is 1. The third-order valence-corrected chi connectivity index (χ3v) is 7.02. The molecule has 0 bridgehead atoms. The van der Waals surface area contributed by atoms with Crippen molar-refractivity contribution >= 4 is 23.2 Å². The van der Waals surface area contributed by atoms with Crippen LogP contribution in [0.2, 0.25) is 0 Å². The summed E-state index contributed by atoms with van der Waals surface area (Å²) in [5.41, 5.74) is 0.396. The van der Waals surface area contributed by atoms with E-state index in [0.29, 0.717) is 11.5 Å². The summed E-state index contributed by atoms with van der Waals surface area (Å²) in [6.07, 6.45) is 1.46. The van der Waals surface area contributed by atoms with Crippen LogP contribution in [0.1, 0.15) is 41.1 Å². The van der Waals surface area contributed by atoms with E-state index in [1.165, 1.54) is 12.8 Å². The van der Waals surface area contributed by atoms with Gasteiger partial charge in [0.15, 0.2) is 0 Å². The highest BCUT2D eigenvalue weighted by atomic mass is 32.1. The van der Waals surface area contributed by atoms with Crippen LogP contribution in [0.3, 0.4) is 0 Å². The SMILES string of the molecule is CN(Cc1ccco1)C1CCC12CCN(C(=O)c1cccs1)CC2.O=C(O)C(F)(F)F. The van der Waals surface area contributed by atoms with Crippen LogP contribution in [0, 0.1) is 5.41 Å². The highest BCUT2D eigenvalue weighted by Crippen LogP contribution is 2.51. The minimum Gasteiger partial charge on any atom is -0.475 e. The normalized spacial score (nSPS) is 20.2. The van der Waals surface area contributed by atoms with Crippen molar-refractivity contribution in [2.75, 3.05) is 20.1 Å². The second-order valence-electron chi connectivity index (χ2n) is 7.98. The average molecular weight is 459 g/mol. The topological polar surface area (TPSA) is 74.0 Å². The molecule has 1 amide bonds. The highest BCUT2D eigenvalue weighted by Gasteiger charge is 2.50. The van der Waals surface area contributed by atoms with Crippen molar-refractivity contribution in [3.05, 3.63) is 46.5 Å². The number of thiophene rings is 1. The second kappa shape index (κ2) is 9.44. The summed E-state index contributed by atoms with van der Waals surface area (Å²) in [5.74, 6) is -1.52.